The third-order valence-electron chi connectivity index (χ3n) is 4.96. The largest absolute Gasteiger partial charge is 0.444 e. The van der Waals surface area contributed by atoms with E-state index in [1.807, 2.05) is 60.7 Å². The first-order valence-electron chi connectivity index (χ1n) is 10.4. The minimum absolute atomic E-state index is 0.0489. The summed E-state index contributed by atoms with van der Waals surface area (Å²) >= 11 is 0. The molecule has 166 valence electrons. The van der Waals surface area contributed by atoms with Crippen molar-refractivity contribution in [1.29, 1.82) is 0 Å². The fourth-order valence-corrected chi connectivity index (χ4v) is 3.23. The zero-order valence-corrected chi connectivity index (χ0v) is 17.7. The van der Waals surface area contributed by atoms with Crippen molar-refractivity contribution in [3.05, 3.63) is 112 Å². The summed E-state index contributed by atoms with van der Waals surface area (Å²) in [6.45, 7) is 0.533. The van der Waals surface area contributed by atoms with Crippen LogP contribution in [0.5, 0.6) is 0 Å². The van der Waals surface area contributed by atoms with Crippen LogP contribution in [0.3, 0.4) is 0 Å². The van der Waals surface area contributed by atoms with Gasteiger partial charge in [-0.2, -0.15) is 0 Å². The third-order valence-corrected chi connectivity index (χ3v) is 4.96. The minimum Gasteiger partial charge on any atom is -0.444 e. The van der Waals surface area contributed by atoms with E-state index < -0.39 is 11.7 Å². The van der Waals surface area contributed by atoms with Crippen LogP contribution < -0.4 is 16.2 Å². The quantitative estimate of drug-likeness (QED) is 0.457. The van der Waals surface area contributed by atoms with Gasteiger partial charge >= 0.3 is 6.09 Å². The number of pyridine rings is 1. The van der Waals surface area contributed by atoms with Crippen molar-refractivity contribution in [2.45, 2.75) is 13.0 Å². The zero-order chi connectivity index (χ0) is 23.0. The average Bonchev–Trinajstić information content (AvgIpc) is 2.85. The Bertz CT molecular complexity index is 1320. The number of ether oxygens (including phenoxy) is 1. The first-order chi connectivity index (χ1) is 16.1. The van der Waals surface area contributed by atoms with E-state index in [2.05, 4.69) is 15.6 Å². The van der Waals surface area contributed by atoms with E-state index in [0.717, 1.165) is 11.1 Å². The summed E-state index contributed by atoms with van der Waals surface area (Å²) in [5, 5.41) is 5.26. The highest BCUT2D eigenvalue weighted by Crippen LogP contribution is 2.07. The Kier molecular flexibility index (Phi) is 6.75. The van der Waals surface area contributed by atoms with E-state index in [1.54, 1.807) is 12.1 Å². The van der Waals surface area contributed by atoms with Gasteiger partial charge in [-0.15, -0.1) is 0 Å². The summed E-state index contributed by atoms with van der Waals surface area (Å²) in [7, 11) is 0. The Labute approximate surface area is 189 Å². The molecule has 33 heavy (non-hydrogen) atoms. The number of hydrogen-bond acceptors (Lipinski definition) is 5. The maximum atomic E-state index is 12.8. The standard InChI is InChI=1S/C25H22N4O4/c30-23(26-14-13-18-7-3-1-4-8-18)20-11-12-22-27-15-21(24(31)29(22)16-20)28-25(32)33-17-19-9-5-2-6-10-19/h1-12,15-16H,13-14,17H2,(H,26,30)(H,28,32). The molecule has 0 aliphatic carbocycles. The molecule has 2 N–H and O–H groups in total. The summed E-state index contributed by atoms with van der Waals surface area (Å²) in [4.78, 5) is 41.7. The highest BCUT2D eigenvalue weighted by atomic mass is 16.5. The van der Waals surface area contributed by atoms with E-state index in [9.17, 15) is 14.4 Å². The SMILES string of the molecule is O=C(Nc1cnc2ccc(C(=O)NCCc3ccccc3)cn2c1=O)OCc1ccccc1. The van der Waals surface area contributed by atoms with Crippen LogP contribution in [0.25, 0.3) is 5.65 Å². The molecular formula is C25H22N4O4. The van der Waals surface area contributed by atoms with Crippen molar-refractivity contribution in [1.82, 2.24) is 14.7 Å². The number of hydrogen-bond donors (Lipinski definition) is 2. The molecule has 8 heteroatoms. The van der Waals surface area contributed by atoms with Gasteiger partial charge in [0.05, 0.1) is 11.8 Å². The van der Waals surface area contributed by atoms with Crippen LogP contribution in [-0.2, 0) is 17.8 Å². The molecule has 0 aliphatic heterocycles. The lowest BCUT2D eigenvalue weighted by atomic mass is 10.1. The number of carbonyl (C=O) groups excluding carboxylic acids is 2. The Morgan fingerprint density at radius 3 is 2.33 bits per heavy atom. The number of anilines is 1. The summed E-state index contributed by atoms with van der Waals surface area (Å²) in [6, 6.07) is 22.2. The Morgan fingerprint density at radius 2 is 1.61 bits per heavy atom. The summed E-state index contributed by atoms with van der Waals surface area (Å²) in [6.07, 6.45) is 2.60. The number of nitrogens with zero attached hydrogens (tertiary/aromatic N) is 2. The maximum Gasteiger partial charge on any atom is 0.412 e. The predicted octanol–water partition coefficient (Wildman–Crippen LogP) is 3.42. The Morgan fingerprint density at radius 1 is 0.909 bits per heavy atom. The molecule has 0 fully saturated rings. The molecule has 0 radical (unpaired) electrons. The lowest BCUT2D eigenvalue weighted by Gasteiger charge is -2.09. The Balaban J connectivity index is 1.42. The average molecular weight is 442 g/mol. The van der Waals surface area contributed by atoms with Crippen molar-refractivity contribution in [3.8, 4) is 0 Å². The van der Waals surface area contributed by atoms with Gasteiger partial charge in [0.2, 0.25) is 0 Å². The number of benzene rings is 2. The van der Waals surface area contributed by atoms with Crippen molar-refractivity contribution < 1.29 is 14.3 Å². The molecular weight excluding hydrogens is 420 g/mol. The fraction of sp³-hybridized carbons (Fsp3) is 0.120. The molecule has 2 amide bonds. The van der Waals surface area contributed by atoms with Crippen molar-refractivity contribution in [2.75, 3.05) is 11.9 Å². The van der Waals surface area contributed by atoms with E-state index in [1.165, 1.54) is 16.8 Å². The predicted molar refractivity (Wildman–Crippen MR) is 124 cm³/mol. The van der Waals surface area contributed by atoms with Crippen molar-refractivity contribution >= 4 is 23.3 Å². The van der Waals surface area contributed by atoms with Gasteiger partial charge in [-0.3, -0.25) is 19.3 Å². The van der Waals surface area contributed by atoms with E-state index in [4.69, 9.17) is 4.74 Å². The molecule has 2 heterocycles. The van der Waals surface area contributed by atoms with Gasteiger partial charge in [0.1, 0.15) is 17.9 Å². The van der Waals surface area contributed by atoms with Crippen LogP contribution in [0.4, 0.5) is 10.5 Å². The molecule has 0 aliphatic rings. The second-order valence-electron chi connectivity index (χ2n) is 7.30. The number of fused-ring (bicyclic) bond motifs is 1. The molecule has 2 aromatic carbocycles. The van der Waals surface area contributed by atoms with Crippen LogP contribution in [0.2, 0.25) is 0 Å². The summed E-state index contributed by atoms with van der Waals surface area (Å²) in [5.41, 5.74) is 2.03. The third kappa shape index (κ3) is 5.62. The molecule has 4 aromatic rings. The molecule has 2 aromatic heterocycles. The number of carbonyl (C=O) groups is 2. The normalized spacial score (nSPS) is 10.5. The van der Waals surface area contributed by atoms with Crippen LogP contribution in [-0.4, -0.2) is 27.9 Å². The molecule has 0 spiro atoms. The van der Waals surface area contributed by atoms with Crippen molar-refractivity contribution in [3.63, 3.8) is 0 Å². The van der Waals surface area contributed by atoms with Gasteiger partial charge < -0.3 is 10.1 Å². The van der Waals surface area contributed by atoms with Crippen LogP contribution >= 0.6 is 0 Å². The highest BCUT2D eigenvalue weighted by Gasteiger charge is 2.12. The first-order valence-corrected chi connectivity index (χ1v) is 10.4. The van der Waals surface area contributed by atoms with Gasteiger partial charge in [-0.05, 0) is 29.7 Å². The maximum absolute atomic E-state index is 12.8. The minimum atomic E-state index is -0.771. The molecule has 0 saturated carbocycles. The van der Waals surface area contributed by atoms with Crippen molar-refractivity contribution in [2.24, 2.45) is 0 Å². The van der Waals surface area contributed by atoms with Crippen LogP contribution in [0, 0.1) is 0 Å². The van der Waals surface area contributed by atoms with Gasteiger partial charge in [-0.25, -0.2) is 9.78 Å². The highest BCUT2D eigenvalue weighted by molar-refractivity contribution is 5.94. The Hall–Kier alpha value is -4.46. The lowest BCUT2D eigenvalue weighted by molar-refractivity contribution is 0.0953. The zero-order valence-electron chi connectivity index (χ0n) is 17.7. The van der Waals surface area contributed by atoms with E-state index >= 15 is 0 Å². The van der Waals surface area contributed by atoms with Gasteiger partial charge in [0.15, 0.2) is 0 Å². The molecule has 0 saturated heterocycles. The van der Waals surface area contributed by atoms with E-state index in [0.29, 0.717) is 24.2 Å². The fourth-order valence-electron chi connectivity index (χ4n) is 3.23. The monoisotopic (exact) mass is 442 g/mol. The molecule has 0 atom stereocenters. The second-order valence-corrected chi connectivity index (χ2v) is 7.30. The number of rotatable bonds is 7. The lowest BCUT2D eigenvalue weighted by Crippen LogP contribution is -2.27. The van der Waals surface area contributed by atoms with Crippen LogP contribution in [0.15, 0.2) is 90.0 Å². The number of amides is 2. The smallest absolute Gasteiger partial charge is 0.412 e. The van der Waals surface area contributed by atoms with E-state index in [-0.39, 0.29) is 18.2 Å². The van der Waals surface area contributed by atoms with Crippen LogP contribution in [0.1, 0.15) is 21.5 Å². The number of nitrogens with one attached hydrogen (secondary N) is 2. The molecule has 0 unspecified atom stereocenters. The second kappa shape index (κ2) is 10.2. The van der Waals surface area contributed by atoms with Gasteiger partial charge in [-0.1, -0.05) is 60.7 Å². The molecule has 0 bridgehead atoms. The van der Waals surface area contributed by atoms with Gasteiger partial charge in [0.25, 0.3) is 11.5 Å². The van der Waals surface area contributed by atoms with Gasteiger partial charge in [0, 0.05) is 12.7 Å². The first kappa shape index (κ1) is 21.8. The number of aromatic nitrogens is 2. The topological polar surface area (TPSA) is 102 Å². The summed E-state index contributed by atoms with van der Waals surface area (Å²) < 4.78 is 6.37. The molecule has 4 rings (SSSR count). The molecule has 8 nitrogen and oxygen atoms in total. The summed E-state index contributed by atoms with van der Waals surface area (Å²) in [5.74, 6) is -0.305.